The molecular weight excluding hydrogens is 322 g/mol. The van der Waals surface area contributed by atoms with Crippen LogP contribution < -0.4 is 4.74 Å². The van der Waals surface area contributed by atoms with Gasteiger partial charge in [-0.1, -0.05) is 20.4 Å². The van der Waals surface area contributed by atoms with Crippen LogP contribution in [0, 0.1) is 0 Å². The highest BCUT2D eigenvalue weighted by molar-refractivity contribution is 9.10. The third-order valence-corrected chi connectivity index (χ3v) is 4.66. The van der Waals surface area contributed by atoms with Crippen LogP contribution in [0.3, 0.4) is 0 Å². The third-order valence-electron chi connectivity index (χ3n) is 2.47. The number of benzene rings is 1. The van der Waals surface area contributed by atoms with Crippen LogP contribution in [0.2, 0.25) is 0 Å². The van der Waals surface area contributed by atoms with Crippen molar-refractivity contribution in [3.8, 4) is 5.75 Å². The van der Waals surface area contributed by atoms with Crippen LogP contribution in [0.25, 0.3) is 0 Å². The average Bonchev–Trinajstić information content (AvgIpc) is 2.86. The highest BCUT2D eigenvalue weighted by atomic mass is 79.9. The largest absolute Gasteiger partial charge is 0.492 e. The number of hydroxylamine groups is 1. The Morgan fingerprint density at radius 3 is 2.89 bits per heavy atom. The van der Waals surface area contributed by atoms with E-state index in [1.807, 2.05) is 6.92 Å². The molecule has 1 aromatic carbocycles. The molecule has 0 aliphatic carbocycles. The molecule has 1 fully saturated rings. The van der Waals surface area contributed by atoms with Crippen LogP contribution in [0.5, 0.6) is 5.75 Å². The monoisotopic (exact) mass is 335 g/mol. The minimum atomic E-state index is -3.66. The number of nitrogens with zero attached hydrogens (tertiary/aromatic N) is 1. The molecule has 2 rings (SSSR count). The normalized spacial score (nSPS) is 17.0. The SMILES string of the molecule is CCOc1ccc(Br)cc1S(=O)(=O)N1CCCO1. The van der Waals surface area contributed by atoms with Gasteiger partial charge in [0.2, 0.25) is 0 Å². The lowest BCUT2D eigenvalue weighted by Gasteiger charge is -2.17. The van der Waals surface area contributed by atoms with E-state index in [1.54, 1.807) is 12.1 Å². The Hall–Kier alpha value is -0.630. The standard InChI is InChI=1S/C11H14BrNO4S/c1-2-16-10-5-4-9(12)8-11(10)18(14,15)13-6-3-7-17-13/h4-5,8H,2-3,6-7H2,1H3. The van der Waals surface area contributed by atoms with Crippen molar-refractivity contribution in [1.29, 1.82) is 0 Å². The van der Waals surface area contributed by atoms with Crippen LogP contribution in [0.4, 0.5) is 0 Å². The predicted molar refractivity (Wildman–Crippen MR) is 69.8 cm³/mol. The van der Waals surface area contributed by atoms with Gasteiger partial charge < -0.3 is 4.74 Å². The second-order valence-corrected chi connectivity index (χ2v) is 6.46. The van der Waals surface area contributed by atoms with Gasteiger partial charge in [0.25, 0.3) is 10.0 Å². The summed E-state index contributed by atoms with van der Waals surface area (Å²) in [5, 5.41) is 0. The molecule has 0 atom stereocenters. The van der Waals surface area contributed by atoms with Crippen LogP contribution in [0.1, 0.15) is 13.3 Å². The summed E-state index contributed by atoms with van der Waals surface area (Å²) < 4.78 is 31.8. The highest BCUT2D eigenvalue weighted by Gasteiger charge is 2.31. The predicted octanol–water partition coefficient (Wildman–Crippen LogP) is 2.17. The van der Waals surface area contributed by atoms with Crippen molar-refractivity contribution in [2.45, 2.75) is 18.2 Å². The van der Waals surface area contributed by atoms with Crippen molar-refractivity contribution in [1.82, 2.24) is 4.47 Å². The molecular formula is C11H14BrNO4S. The van der Waals surface area contributed by atoms with Crippen molar-refractivity contribution in [2.24, 2.45) is 0 Å². The lowest BCUT2D eigenvalue weighted by Crippen LogP contribution is -2.27. The quantitative estimate of drug-likeness (QED) is 0.846. The van der Waals surface area contributed by atoms with Crippen molar-refractivity contribution in [2.75, 3.05) is 19.8 Å². The first-order valence-corrected chi connectivity index (χ1v) is 7.87. The lowest BCUT2D eigenvalue weighted by molar-refractivity contribution is -0.0285. The van der Waals surface area contributed by atoms with Crippen LogP contribution >= 0.6 is 15.9 Å². The molecule has 7 heteroatoms. The molecule has 0 aromatic heterocycles. The molecule has 1 aliphatic heterocycles. The van der Waals surface area contributed by atoms with Crippen molar-refractivity contribution >= 4 is 26.0 Å². The number of rotatable bonds is 4. The molecule has 0 radical (unpaired) electrons. The number of hydrogen-bond donors (Lipinski definition) is 0. The fourth-order valence-corrected chi connectivity index (χ4v) is 3.65. The lowest BCUT2D eigenvalue weighted by atomic mass is 10.3. The summed E-state index contributed by atoms with van der Waals surface area (Å²) in [4.78, 5) is 5.25. The van der Waals surface area contributed by atoms with E-state index >= 15 is 0 Å². The molecule has 18 heavy (non-hydrogen) atoms. The molecule has 5 nitrogen and oxygen atoms in total. The fourth-order valence-electron chi connectivity index (χ4n) is 1.68. The van der Waals surface area contributed by atoms with Gasteiger partial charge in [0.05, 0.1) is 13.2 Å². The van der Waals surface area contributed by atoms with E-state index in [0.717, 1.165) is 4.47 Å². The van der Waals surface area contributed by atoms with Crippen LogP contribution in [0.15, 0.2) is 27.6 Å². The molecule has 1 heterocycles. The molecule has 0 bridgehead atoms. The second kappa shape index (κ2) is 5.56. The Labute approximate surface area is 115 Å². The van der Waals surface area contributed by atoms with Crippen molar-refractivity contribution in [3.63, 3.8) is 0 Å². The molecule has 0 saturated carbocycles. The van der Waals surface area contributed by atoms with Crippen LogP contribution in [-0.4, -0.2) is 32.6 Å². The number of hydrogen-bond acceptors (Lipinski definition) is 4. The first kappa shape index (κ1) is 13.8. The smallest absolute Gasteiger partial charge is 0.268 e. The van der Waals surface area contributed by atoms with Gasteiger partial charge in [-0.25, -0.2) is 8.42 Å². The van der Waals surface area contributed by atoms with Gasteiger partial charge in [-0.05, 0) is 31.5 Å². The zero-order valence-electron chi connectivity index (χ0n) is 9.93. The van der Waals surface area contributed by atoms with E-state index in [1.165, 1.54) is 6.07 Å². The van der Waals surface area contributed by atoms with Gasteiger partial charge in [0, 0.05) is 11.0 Å². The Morgan fingerprint density at radius 2 is 2.28 bits per heavy atom. The van der Waals surface area contributed by atoms with E-state index in [-0.39, 0.29) is 4.90 Å². The van der Waals surface area contributed by atoms with E-state index < -0.39 is 10.0 Å². The molecule has 1 aliphatic rings. The molecule has 1 saturated heterocycles. The molecule has 0 spiro atoms. The molecule has 0 unspecified atom stereocenters. The molecule has 1 aromatic rings. The first-order valence-electron chi connectivity index (χ1n) is 5.63. The van der Waals surface area contributed by atoms with Crippen molar-refractivity contribution < 1.29 is 18.0 Å². The first-order chi connectivity index (χ1) is 8.55. The maximum Gasteiger partial charge on any atom is 0.268 e. The fraction of sp³-hybridized carbons (Fsp3) is 0.455. The number of sulfonamides is 1. The van der Waals surface area contributed by atoms with E-state index in [4.69, 9.17) is 9.57 Å². The minimum absolute atomic E-state index is 0.126. The Balaban J connectivity index is 2.44. The van der Waals surface area contributed by atoms with Crippen LogP contribution in [-0.2, 0) is 14.9 Å². The maximum atomic E-state index is 12.4. The molecule has 0 N–H and O–H groups in total. The Bertz CT molecular complexity index is 526. The third kappa shape index (κ3) is 2.69. The highest BCUT2D eigenvalue weighted by Crippen LogP contribution is 2.31. The van der Waals surface area contributed by atoms with Gasteiger partial charge >= 0.3 is 0 Å². The summed E-state index contributed by atoms with van der Waals surface area (Å²) in [5.41, 5.74) is 0. The zero-order chi connectivity index (χ0) is 13.2. The number of halogens is 1. The topological polar surface area (TPSA) is 55.8 Å². The summed E-state index contributed by atoms with van der Waals surface area (Å²) in [6.07, 6.45) is 0.706. The maximum absolute atomic E-state index is 12.4. The zero-order valence-corrected chi connectivity index (χ0v) is 12.3. The molecule has 100 valence electrons. The van der Waals surface area contributed by atoms with Crippen molar-refractivity contribution in [3.05, 3.63) is 22.7 Å². The summed E-state index contributed by atoms with van der Waals surface area (Å²) in [6, 6.07) is 4.91. The summed E-state index contributed by atoms with van der Waals surface area (Å²) >= 11 is 3.27. The van der Waals surface area contributed by atoms with E-state index in [2.05, 4.69) is 15.9 Å². The summed E-state index contributed by atoms with van der Waals surface area (Å²) in [5.74, 6) is 0.344. The van der Waals surface area contributed by atoms with Gasteiger partial charge in [0.1, 0.15) is 10.6 Å². The Kier molecular flexibility index (Phi) is 4.26. The Morgan fingerprint density at radius 1 is 1.50 bits per heavy atom. The average molecular weight is 336 g/mol. The molecule has 0 amide bonds. The van der Waals surface area contributed by atoms with Gasteiger partial charge in [0.15, 0.2) is 0 Å². The minimum Gasteiger partial charge on any atom is -0.492 e. The van der Waals surface area contributed by atoms with E-state index in [9.17, 15) is 8.42 Å². The van der Waals surface area contributed by atoms with Gasteiger partial charge in [-0.15, -0.1) is 0 Å². The summed E-state index contributed by atoms with van der Waals surface area (Å²) in [7, 11) is -3.66. The number of ether oxygens (including phenoxy) is 1. The van der Waals surface area contributed by atoms with Gasteiger partial charge in [-0.3, -0.25) is 4.84 Å². The summed E-state index contributed by atoms with van der Waals surface area (Å²) in [6.45, 7) is 3.02. The van der Waals surface area contributed by atoms with E-state index in [0.29, 0.717) is 36.4 Å². The van der Waals surface area contributed by atoms with Gasteiger partial charge in [-0.2, -0.15) is 0 Å². The second-order valence-electron chi connectivity index (χ2n) is 3.74.